The van der Waals surface area contributed by atoms with Crippen molar-refractivity contribution in [2.45, 2.75) is 55.4 Å². The van der Waals surface area contributed by atoms with Gasteiger partial charge in [0.05, 0.1) is 0 Å². The Balaban J connectivity index is 2.76. The summed E-state index contributed by atoms with van der Waals surface area (Å²) in [5.74, 6) is 0.267. The van der Waals surface area contributed by atoms with Gasteiger partial charge in [0, 0.05) is 23.9 Å². The van der Waals surface area contributed by atoms with Crippen LogP contribution < -0.4 is 0 Å². The second kappa shape index (κ2) is 12.9. The van der Waals surface area contributed by atoms with Gasteiger partial charge in [-0.1, -0.05) is 91.8 Å². The molecule has 0 heterocycles. The molecule has 1 aromatic carbocycles. The van der Waals surface area contributed by atoms with Crippen molar-refractivity contribution in [2.24, 2.45) is 10.8 Å². The van der Waals surface area contributed by atoms with E-state index < -0.39 is 10.8 Å². The lowest BCUT2D eigenvalue weighted by Gasteiger charge is -2.29. The number of nitrogens with zero attached hydrogens (tertiary/aromatic N) is 2. The molecule has 1 rings (SSSR count). The first-order chi connectivity index (χ1) is 15.0. The van der Waals surface area contributed by atoms with Crippen LogP contribution in [-0.2, 0) is 9.59 Å². The smallest absolute Gasteiger partial charge is 0.162 e. The van der Waals surface area contributed by atoms with Crippen molar-refractivity contribution >= 4 is 23.7 Å². The Labute approximate surface area is 196 Å². The monoisotopic (exact) mass is 440 g/mol. The Morgan fingerprint density at radius 1 is 0.656 bits per heavy atom. The summed E-state index contributed by atoms with van der Waals surface area (Å²) in [7, 11) is 0. The largest absolute Gasteiger partial charge is 0.303 e. The van der Waals surface area contributed by atoms with E-state index >= 15 is 0 Å². The van der Waals surface area contributed by atoms with E-state index in [1.165, 1.54) is 0 Å². The molecule has 0 bridgehead atoms. The van der Waals surface area contributed by atoms with Crippen molar-refractivity contribution in [1.29, 1.82) is 0 Å². The molecule has 0 radical (unpaired) electrons. The number of carbonyl (C=O) groups is 2. The zero-order valence-electron chi connectivity index (χ0n) is 21.6. The molecule has 0 spiro atoms. The molecule has 0 fully saturated rings. The molecule has 0 aliphatic rings. The third-order valence-electron chi connectivity index (χ3n) is 6.15. The highest BCUT2D eigenvalue weighted by molar-refractivity contribution is 5.98. The summed E-state index contributed by atoms with van der Waals surface area (Å²) in [4.78, 5) is 29.9. The molecule has 0 saturated heterocycles. The first-order valence-corrected chi connectivity index (χ1v) is 12.0. The van der Waals surface area contributed by atoms with Crippen molar-refractivity contribution in [2.75, 3.05) is 39.3 Å². The summed E-state index contributed by atoms with van der Waals surface area (Å²) in [5, 5.41) is 0. The highest BCUT2D eigenvalue weighted by atomic mass is 16.1. The van der Waals surface area contributed by atoms with Crippen molar-refractivity contribution in [3.8, 4) is 0 Å². The maximum absolute atomic E-state index is 12.7. The number of hydrogen-bond donors (Lipinski definition) is 0. The van der Waals surface area contributed by atoms with Gasteiger partial charge in [0.1, 0.15) is 0 Å². The lowest BCUT2D eigenvalue weighted by molar-refractivity contribution is -0.123. The highest BCUT2D eigenvalue weighted by Crippen LogP contribution is 2.21. The maximum atomic E-state index is 12.7. The summed E-state index contributed by atoms with van der Waals surface area (Å²) in [6.45, 7) is 21.8. The molecule has 0 aromatic heterocycles. The van der Waals surface area contributed by atoms with Crippen LogP contribution in [0.3, 0.4) is 0 Å². The normalized spacial score (nSPS) is 13.1. The fourth-order valence-electron chi connectivity index (χ4n) is 3.68. The van der Waals surface area contributed by atoms with Crippen LogP contribution in [0.25, 0.3) is 12.2 Å². The van der Waals surface area contributed by atoms with Gasteiger partial charge in [-0.3, -0.25) is 9.59 Å². The summed E-state index contributed by atoms with van der Waals surface area (Å²) in [6, 6.07) is 7.91. The van der Waals surface area contributed by atoms with Gasteiger partial charge >= 0.3 is 0 Å². The molecule has 178 valence electrons. The number of carbonyl (C=O) groups excluding carboxylic acids is 2. The fraction of sp³-hybridized carbons (Fsp3) is 0.571. The Hall–Kier alpha value is -2.04. The molecular weight excluding hydrogens is 396 g/mol. The molecule has 32 heavy (non-hydrogen) atoms. The van der Waals surface area contributed by atoms with E-state index in [1.807, 2.05) is 64.1 Å². The van der Waals surface area contributed by atoms with Gasteiger partial charge in [-0.15, -0.1) is 0 Å². The molecule has 0 amide bonds. The molecule has 0 N–H and O–H groups in total. The van der Waals surface area contributed by atoms with Crippen molar-refractivity contribution in [3.05, 3.63) is 47.5 Å². The van der Waals surface area contributed by atoms with Gasteiger partial charge in [0.15, 0.2) is 11.6 Å². The topological polar surface area (TPSA) is 40.6 Å². The third-order valence-corrected chi connectivity index (χ3v) is 6.15. The quantitative estimate of drug-likeness (QED) is 0.354. The van der Waals surface area contributed by atoms with Gasteiger partial charge in [0.25, 0.3) is 0 Å². The van der Waals surface area contributed by atoms with Crippen LogP contribution in [0.5, 0.6) is 0 Å². The minimum absolute atomic E-state index is 0.134. The van der Waals surface area contributed by atoms with E-state index in [9.17, 15) is 9.59 Å². The minimum atomic E-state index is -0.413. The first-order valence-electron chi connectivity index (χ1n) is 12.0. The van der Waals surface area contributed by atoms with Crippen molar-refractivity contribution in [3.63, 3.8) is 0 Å². The predicted octanol–water partition coefficient (Wildman–Crippen LogP) is 5.59. The van der Waals surface area contributed by atoms with E-state index in [4.69, 9.17) is 0 Å². The number of benzene rings is 1. The summed E-state index contributed by atoms with van der Waals surface area (Å²) < 4.78 is 0. The van der Waals surface area contributed by atoms with Crippen LogP contribution in [-0.4, -0.2) is 60.6 Å². The second-order valence-corrected chi connectivity index (χ2v) is 9.75. The molecule has 4 heteroatoms. The number of hydrogen-bond acceptors (Lipinski definition) is 4. The highest BCUT2D eigenvalue weighted by Gasteiger charge is 2.28. The van der Waals surface area contributed by atoms with Crippen molar-refractivity contribution < 1.29 is 9.59 Å². The molecule has 0 unspecified atom stereocenters. The molecule has 0 saturated carbocycles. The number of rotatable bonds is 14. The SMILES string of the molecule is CCN(CC)CC(C)(C)C(=O)C=Cc1ccc(C=CC(=O)C(C)(C)CN(CC)CC)cc1. The standard InChI is InChI=1S/C28H44N2O2/c1-9-29(10-2)21-27(5,6)25(31)19-17-23-13-15-24(16-14-23)18-20-26(32)28(7,8)22-30(11-3)12-4/h13-20H,9-12,21-22H2,1-8H3. The Kier molecular flexibility index (Phi) is 11.2. The second-order valence-electron chi connectivity index (χ2n) is 9.75. The molecule has 0 atom stereocenters. The summed E-state index contributed by atoms with van der Waals surface area (Å²) in [6.07, 6.45) is 7.12. The van der Waals surface area contributed by atoms with E-state index in [1.54, 1.807) is 12.2 Å². The lowest BCUT2D eigenvalue weighted by Crippen LogP contribution is -2.38. The van der Waals surface area contributed by atoms with E-state index in [0.29, 0.717) is 0 Å². The molecule has 0 aliphatic carbocycles. The molecule has 1 aromatic rings. The zero-order chi connectivity index (χ0) is 24.4. The van der Waals surface area contributed by atoms with Crippen LogP contribution in [0.15, 0.2) is 36.4 Å². The predicted molar refractivity (Wildman–Crippen MR) is 138 cm³/mol. The number of ketones is 2. The Morgan fingerprint density at radius 2 is 0.938 bits per heavy atom. The third kappa shape index (κ3) is 8.84. The number of allylic oxidation sites excluding steroid dienone is 2. The van der Waals surface area contributed by atoms with Crippen LogP contribution in [0.2, 0.25) is 0 Å². The molecule has 4 nitrogen and oxygen atoms in total. The molecular formula is C28H44N2O2. The lowest BCUT2D eigenvalue weighted by atomic mass is 9.86. The first kappa shape index (κ1) is 28.0. The van der Waals surface area contributed by atoms with Gasteiger partial charge in [-0.2, -0.15) is 0 Å². The van der Waals surface area contributed by atoms with Gasteiger partial charge in [-0.05, 0) is 49.5 Å². The van der Waals surface area contributed by atoms with Crippen LogP contribution in [0, 0.1) is 10.8 Å². The summed E-state index contributed by atoms with van der Waals surface area (Å²) in [5.41, 5.74) is 1.12. The average molecular weight is 441 g/mol. The Morgan fingerprint density at radius 3 is 1.19 bits per heavy atom. The van der Waals surface area contributed by atoms with Gasteiger partial charge in [-0.25, -0.2) is 0 Å². The zero-order valence-corrected chi connectivity index (χ0v) is 21.6. The minimum Gasteiger partial charge on any atom is -0.303 e. The van der Waals surface area contributed by atoms with Crippen LogP contribution in [0.4, 0.5) is 0 Å². The summed E-state index contributed by atoms with van der Waals surface area (Å²) >= 11 is 0. The fourth-order valence-corrected chi connectivity index (χ4v) is 3.68. The van der Waals surface area contributed by atoms with E-state index in [0.717, 1.165) is 50.4 Å². The van der Waals surface area contributed by atoms with Crippen molar-refractivity contribution in [1.82, 2.24) is 9.80 Å². The maximum Gasteiger partial charge on any atom is 0.162 e. The average Bonchev–Trinajstić information content (AvgIpc) is 2.78. The van der Waals surface area contributed by atoms with E-state index in [-0.39, 0.29) is 11.6 Å². The van der Waals surface area contributed by atoms with E-state index in [2.05, 4.69) is 37.5 Å². The van der Waals surface area contributed by atoms with Crippen LogP contribution >= 0.6 is 0 Å². The Bertz CT molecular complexity index is 713. The van der Waals surface area contributed by atoms with Gasteiger partial charge in [0.2, 0.25) is 0 Å². The van der Waals surface area contributed by atoms with Gasteiger partial charge < -0.3 is 9.80 Å². The molecule has 0 aliphatic heterocycles. The van der Waals surface area contributed by atoms with Crippen LogP contribution in [0.1, 0.15) is 66.5 Å².